The summed E-state index contributed by atoms with van der Waals surface area (Å²) in [5.74, 6) is -0.0877. The smallest absolute Gasteiger partial charge is 0.152 e. The molecule has 1 saturated heterocycles. The van der Waals surface area contributed by atoms with E-state index in [-0.39, 0.29) is 12.5 Å². The van der Waals surface area contributed by atoms with Crippen LogP contribution in [0.15, 0.2) is 0 Å². The average molecular weight is 172 g/mol. The number of hydrogen-bond donors (Lipinski definition) is 1. The molecule has 2 unspecified atom stereocenters. The lowest BCUT2D eigenvalue weighted by Gasteiger charge is -2.36. The van der Waals surface area contributed by atoms with E-state index in [0.717, 1.165) is 25.5 Å². The average Bonchev–Trinajstić information content (AvgIpc) is 2.17. The summed E-state index contributed by atoms with van der Waals surface area (Å²) in [4.78, 5) is 10.8. The van der Waals surface area contributed by atoms with Crippen molar-refractivity contribution in [2.45, 2.75) is 31.8 Å². The van der Waals surface area contributed by atoms with E-state index < -0.39 is 5.60 Å². The van der Waals surface area contributed by atoms with E-state index in [1.54, 1.807) is 0 Å². The Morgan fingerprint density at radius 2 is 2.42 bits per heavy atom. The van der Waals surface area contributed by atoms with Crippen molar-refractivity contribution in [2.24, 2.45) is 5.92 Å². The number of aliphatic hydroxyl groups is 1. The van der Waals surface area contributed by atoms with Gasteiger partial charge in [0.25, 0.3) is 0 Å². The third-order valence-corrected chi connectivity index (χ3v) is 2.64. The molecular weight excluding hydrogens is 156 g/mol. The Hall–Kier alpha value is -0.410. The van der Waals surface area contributed by atoms with Crippen LogP contribution in [0.25, 0.3) is 0 Å². The van der Waals surface area contributed by atoms with E-state index in [2.05, 4.69) is 0 Å². The second kappa shape index (κ2) is 4.01. The second-order valence-electron chi connectivity index (χ2n) is 3.46. The number of aldehydes is 1. The summed E-state index contributed by atoms with van der Waals surface area (Å²) >= 11 is 0. The first-order valence-corrected chi connectivity index (χ1v) is 4.46. The third-order valence-electron chi connectivity index (χ3n) is 2.64. The van der Waals surface area contributed by atoms with Crippen LogP contribution in [-0.2, 0) is 9.53 Å². The Morgan fingerprint density at radius 3 is 2.83 bits per heavy atom. The second-order valence-corrected chi connectivity index (χ2v) is 3.46. The Morgan fingerprint density at radius 1 is 1.67 bits per heavy atom. The molecule has 3 nitrogen and oxygen atoms in total. The summed E-state index contributed by atoms with van der Waals surface area (Å²) in [7, 11) is 0. The van der Waals surface area contributed by atoms with Crippen molar-refractivity contribution in [3.63, 3.8) is 0 Å². The Balaban J connectivity index is 2.65. The van der Waals surface area contributed by atoms with Gasteiger partial charge in [-0.1, -0.05) is 6.92 Å². The van der Waals surface area contributed by atoms with Gasteiger partial charge in [0.15, 0.2) is 6.29 Å². The quantitative estimate of drug-likeness (QED) is 0.639. The van der Waals surface area contributed by atoms with Crippen LogP contribution in [0.4, 0.5) is 0 Å². The molecule has 12 heavy (non-hydrogen) atoms. The lowest BCUT2D eigenvalue weighted by molar-refractivity contribution is -0.150. The van der Waals surface area contributed by atoms with E-state index in [9.17, 15) is 4.79 Å². The summed E-state index contributed by atoms with van der Waals surface area (Å²) in [5.41, 5.74) is -0.701. The molecule has 70 valence electrons. The van der Waals surface area contributed by atoms with Crippen LogP contribution in [0.1, 0.15) is 26.2 Å². The maximum atomic E-state index is 10.8. The van der Waals surface area contributed by atoms with Gasteiger partial charge in [0.1, 0.15) is 5.60 Å². The summed E-state index contributed by atoms with van der Waals surface area (Å²) in [5, 5.41) is 8.94. The van der Waals surface area contributed by atoms with E-state index >= 15 is 0 Å². The molecule has 0 bridgehead atoms. The van der Waals surface area contributed by atoms with Crippen LogP contribution in [-0.4, -0.2) is 30.2 Å². The van der Waals surface area contributed by atoms with E-state index in [1.165, 1.54) is 0 Å². The van der Waals surface area contributed by atoms with Crippen LogP contribution >= 0.6 is 0 Å². The van der Waals surface area contributed by atoms with Gasteiger partial charge in [-0.15, -0.1) is 0 Å². The predicted molar refractivity (Wildman–Crippen MR) is 44.8 cm³/mol. The zero-order chi connectivity index (χ0) is 9.03. The first kappa shape index (κ1) is 9.68. The highest BCUT2D eigenvalue weighted by atomic mass is 16.5. The first-order chi connectivity index (χ1) is 5.75. The Kier molecular flexibility index (Phi) is 3.23. The van der Waals surface area contributed by atoms with Crippen molar-refractivity contribution in [3.05, 3.63) is 0 Å². The van der Waals surface area contributed by atoms with Crippen LogP contribution < -0.4 is 0 Å². The highest BCUT2D eigenvalue weighted by Crippen LogP contribution is 2.29. The number of rotatable bonds is 3. The number of hydrogen-bond acceptors (Lipinski definition) is 3. The molecule has 0 aromatic rings. The zero-order valence-electron chi connectivity index (χ0n) is 7.45. The molecule has 0 saturated carbocycles. The van der Waals surface area contributed by atoms with Gasteiger partial charge in [-0.3, -0.25) is 0 Å². The molecule has 0 aliphatic carbocycles. The third kappa shape index (κ3) is 1.67. The standard InChI is InChI=1S/C9H16O3/c1-8(6-10)9(7-11)4-2-3-5-12-9/h7-8,10H,2-6H2,1H3. The molecular formula is C9H16O3. The highest BCUT2D eigenvalue weighted by Gasteiger charge is 2.38. The van der Waals surface area contributed by atoms with Crippen molar-refractivity contribution in [3.8, 4) is 0 Å². The number of carbonyl (C=O) groups is 1. The minimum Gasteiger partial charge on any atom is -0.396 e. The molecule has 0 radical (unpaired) electrons. The topological polar surface area (TPSA) is 46.5 Å². The molecule has 0 aromatic carbocycles. The fourth-order valence-electron chi connectivity index (χ4n) is 1.59. The van der Waals surface area contributed by atoms with Gasteiger partial charge in [0.2, 0.25) is 0 Å². The lowest BCUT2D eigenvalue weighted by Crippen LogP contribution is -2.45. The van der Waals surface area contributed by atoms with Gasteiger partial charge < -0.3 is 14.6 Å². The normalized spacial score (nSPS) is 32.8. The maximum Gasteiger partial charge on any atom is 0.152 e. The number of aliphatic hydroxyl groups excluding tert-OH is 1. The van der Waals surface area contributed by atoms with E-state index in [0.29, 0.717) is 6.61 Å². The molecule has 1 N–H and O–H groups in total. The van der Waals surface area contributed by atoms with E-state index in [4.69, 9.17) is 9.84 Å². The minimum absolute atomic E-state index is 0.0126. The van der Waals surface area contributed by atoms with Crippen molar-refractivity contribution >= 4 is 6.29 Å². The Labute approximate surface area is 72.7 Å². The minimum atomic E-state index is -0.701. The van der Waals surface area contributed by atoms with Crippen LogP contribution in [0.5, 0.6) is 0 Å². The molecule has 1 rings (SSSR count). The van der Waals surface area contributed by atoms with Crippen LogP contribution in [0, 0.1) is 5.92 Å². The molecule has 1 fully saturated rings. The maximum absolute atomic E-state index is 10.8. The summed E-state index contributed by atoms with van der Waals surface area (Å²) < 4.78 is 5.44. The molecule has 2 atom stereocenters. The fourth-order valence-corrected chi connectivity index (χ4v) is 1.59. The molecule has 0 amide bonds. The molecule has 1 aliphatic heterocycles. The van der Waals surface area contributed by atoms with Crippen molar-refractivity contribution < 1.29 is 14.6 Å². The van der Waals surface area contributed by atoms with Crippen LogP contribution in [0.3, 0.4) is 0 Å². The summed E-state index contributed by atoms with van der Waals surface area (Å²) in [6, 6.07) is 0. The van der Waals surface area contributed by atoms with Crippen molar-refractivity contribution in [1.82, 2.24) is 0 Å². The highest BCUT2D eigenvalue weighted by molar-refractivity contribution is 5.63. The largest absolute Gasteiger partial charge is 0.396 e. The summed E-state index contributed by atoms with van der Waals surface area (Å²) in [6.45, 7) is 2.50. The van der Waals surface area contributed by atoms with E-state index in [1.807, 2.05) is 6.92 Å². The molecule has 1 heterocycles. The van der Waals surface area contributed by atoms with Crippen LogP contribution in [0.2, 0.25) is 0 Å². The van der Waals surface area contributed by atoms with Gasteiger partial charge in [-0.25, -0.2) is 0 Å². The molecule has 0 spiro atoms. The van der Waals surface area contributed by atoms with Gasteiger partial charge in [-0.2, -0.15) is 0 Å². The molecule has 1 aliphatic rings. The van der Waals surface area contributed by atoms with Gasteiger partial charge >= 0.3 is 0 Å². The van der Waals surface area contributed by atoms with Gasteiger partial charge in [0, 0.05) is 19.1 Å². The first-order valence-electron chi connectivity index (χ1n) is 4.46. The van der Waals surface area contributed by atoms with Gasteiger partial charge in [-0.05, 0) is 19.3 Å². The molecule has 3 heteroatoms. The summed E-state index contributed by atoms with van der Waals surface area (Å²) in [6.07, 6.45) is 3.64. The molecule has 0 aromatic heterocycles. The fraction of sp³-hybridized carbons (Fsp3) is 0.889. The van der Waals surface area contributed by atoms with Crippen molar-refractivity contribution in [1.29, 1.82) is 0 Å². The lowest BCUT2D eigenvalue weighted by atomic mass is 9.84. The predicted octanol–water partition coefficient (Wildman–Crippen LogP) is 0.753. The monoisotopic (exact) mass is 172 g/mol. The number of ether oxygens (including phenoxy) is 1. The number of carbonyl (C=O) groups excluding carboxylic acids is 1. The SMILES string of the molecule is CC(CO)C1(C=O)CCCCO1. The van der Waals surface area contributed by atoms with Gasteiger partial charge in [0.05, 0.1) is 0 Å². The van der Waals surface area contributed by atoms with Crippen molar-refractivity contribution in [2.75, 3.05) is 13.2 Å². The Bertz CT molecular complexity index is 150. The zero-order valence-corrected chi connectivity index (χ0v) is 7.45.